The van der Waals surface area contributed by atoms with E-state index in [1.807, 2.05) is 0 Å². The maximum absolute atomic E-state index is 4.84. The Labute approximate surface area is 118 Å². The van der Waals surface area contributed by atoms with Crippen LogP contribution >= 0.6 is 11.3 Å². The Balaban J connectivity index is 2.08. The molecule has 0 N–H and O–H groups in total. The maximum Gasteiger partial charge on any atom is 0.105 e. The van der Waals surface area contributed by atoms with Gasteiger partial charge in [-0.2, -0.15) is 11.3 Å². The second-order valence-corrected chi connectivity index (χ2v) is 5.68. The van der Waals surface area contributed by atoms with Gasteiger partial charge in [-0.15, -0.1) is 0 Å². The van der Waals surface area contributed by atoms with Crippen molar-refractivity contribution in [3.05, 3.63) is 52.2 Å². The van der Waals surface area contributed by atoms with E-state index in [2.05, 4.69) is 60.0 Å². The van der Waals surface area contributed by atoms with Crippen molar-refractivity contribution in [1.82, 2.24) is 4.90 Å². The molecule has 2 nitrogen and oxygen atoms in total. The zero-order chi connectivity index (χ0) is 13.2. The fourth-order valence-electron chi connectivity index (χ4n) is 2.67. The lowest BCUT2D eigenvalue weighted by molar-refractivity contribution is 0.371. The van der Waals surface area contributed by atoms with Crippen LogP contribution in [0.25, 0.3) is 0 Å². The average Bonchev–Trinajstić information content (AvgIpc) is 2.92. The number of nitrogens with zero attached hydrogens (tertiary/aromatic N) is 2. The van der Waals surface area contributed by atoms with Crippen LogP contribution in [0.5, 0.6) is 0 Å². The largest absolute Gasteiger partial charge is 0.356 e. The second kappa shape index (κ2) is 5.17. The van der Waals surface area contributed by atoms with Gasteiger partial charge in [0.15, 0.2) is 0 Å². The van der Waals surface area contributed by atoms with Crippen molar-refractivity contribution < 1.29 is 0 Å². The van der Waals surface area contributed by atoms with Crippen molar-refractivity contribution in [2.24, 2.45) is 4.99 Å². The molecule has 0 amide bonds. The van der Waals surface area contributed by atoms with Gasteiger partial charge in [0.1, 0.15) is 5.84 Å². The molecule has 0 saturated carbocycles. The van der Waals surface area contributed by atoms with Gasteiger partial charge in [-0.3, -0.25) is 0 Å². The minimum absolute atomic E-state index is 0.397. The molecule has 98 valence electrons. The van der Waals surface area contributed by atoms with Crippen molar-refractivity contribution in [3.8, 4) is 0 Å². The summed E-state index contributed by atoms with van der Waals surface area (Å²) in [6, 6.07) is 11.1. The Morgan fingerprint density at radius 1 is 1.32 bits per heavy atom. The number of amidine groups is 1. The van der Waals surface area contributed by atoms with Gasteiger partial charge in [-0.05, 0) is 40.4 Å². The average molecular weight is 270 g/mol. The van der Waals surface area contributed by atoms with Crippen LogP contribution in [0.2, 0.25) is 0 Å². The molecule has 0 fully saturated rings. The van der Waals surface area contributed by atoms with Crippen LogP contribution in [-0.2, 0) is 6.42 Å². The molecule has 19 heavy (non-hydrogen) atoms. The van der Waals surface area contributed by atoms with Gasteiger partial charge >= 0.3 is 0 Å². The summed E-state index contributed by atoms with van der Waals surface area (Å²) in [5.74, 6) is 1.17. The molecule has 2 heterocycles. The summed E-state index contributed by atoms with van der Waals surface area (Å²) in [7, 11) is 2.16. The zero-order valence-electron chi connectivity index (χ0n) is 11.3. The second-order valence-electron chi connectivity index (χ2n) is 4.90. The lowest BCUT2D eigenvalue weighted by atomic mass is 9.99. The number of likely N-dealkylation sites (N-methyl/N-ethyl adjacent to an activating group) is 1. The van der Waals surface area contributed by atoms with Crippen LogP contribution < -0.4 is 0 Å². The molecule has 1 aromatic heterocycles. The molecule has 0 aliphatic carbocycles. The predicted octanol–water partition coefficient (Wildman–Crippen LogP) is 4.42. The highest BCUT2D eigenvalue weighted by molar-refractivity contribution is 7.07. The number of hydrogen-bond acceptors (Lipinski definition) is 3. The molecular weight excluding hydrogens is 252 g/mol. The highest BCUT2D eigenvalue weighted by Gasteiger charge is 2.24. The number of thiophene rings is 1. The van der Waals surface area contributed by atoms with Crippen molar-refractivity contribution in [2.45, 2.75) is 25.8 Å². The van der Waals surface area contributed by atoms with Crippen molar-refractivity contribution in [1.29, 1.82) is 0 Å². The minimum Gasteiger partial charge on any atom is -0.356 e. The fourth-order valence-corrected chi connectivity index (χ4v) is 3.38. The van der Waals surface area contributed by atoms with E-state index in [0.717, 1.165) is 18.5 Å². The van der Waals surface area contributed by atoms with E-state index >= 15 is 0 Å². The van der Waals surface area contributed by atoms with Crippen LogP contribution in [0.3, 0.4) is 0 Å². The van der Waals surface area contributed by atoms with Gasteiger partial charge in [0, 0.05) is 13.5 Å². The van der Waals surface area contributed by atoms with E-state index in [1.54, 1.807) is 11.3 Å². The van der Waals surface area contributed by atoms with Crippen molar-refractivity contribution in [2.75, 3.05) is 7.05 Å². The number of benzene rings is 1. The molecular formula is C16H18N2S. The van der Waals surface area contributed by atoms with Gasteiger partial charge in [0.25, 0.3) is 0 Å². The van der Waals surface area contributed by atoms with Gasteiger partial charge in [0.2, 0.25) is 0 Å². The molecule has 1 aromatic carbocycles. The summed E-state index contributed by atoms with van der Waals surface area (Å²) in [5, 5.41) is 4.41. The van der Waals surface area contributed by atoms with E-state index in [9.17, 15) is 0 Å². The third-order valence-corrected chi connectivity index (χ3v) is 4.47. The topological polar surface area (TPSA) is 15.6 Å². The SMILES string of the molecule is CCC1=Nc2ccccc2CC(c2ccsc2)N1C. The molecule has 0 bridgehead atoms. The molecule has 0 saturated heterocycles. The number of para-hydroxylation sites is 1. The summed E-state index contributed by atoms with van der Waals surface area (Å²) in [4.78, 5) is 7.18. The Bertz CT molecular complexity index is 587. The van der Waals surface area contributed by atoms with Gasteiger partial charge < -0.3 is 4.90 Å². The number of aliphatic imine (C=N–C) groups is 1. The Kier molecular flexibility index (Phi) is 3.38. The Morgan fingerprint density at radius 2 is 2.16 bits per heavy atom. The first kappa shape index (κ1) is 12.4. The monoisotopic (exact) mass is 270 g/mol. The first-order chi connectivity index (χ1) is 9.29. The third kappa shape index (κ3) is 2.30. The van der Waals surface area contributed by atoms with E-state index in [1.165, 1.54) is 17.0 Å². The highest BCUT2D eigenvalue weighted by Crippen LogP contribution is 2.33. The van der Waals surface area contributed by atoms with E-state index in [0.29, 0.717) is 6.04 Å². The first-order valence-corrected chi connectivity index (χ1v) is 7.64. The van der Waals surface area contributed by atoms with E-state index in [-0.39, 0.29) is 0 Å². The normalized spacial score (nSPS) is 18.7. The molecule has 3 rings (SSSR count). The molecule has 1 aliphatic rings. The summed E-state index contributed by atoms with van der Waals surface area (Å²) < 4.78 is 0. The lowest BCUT2D eigenvalue weighted by Gasteiger charge is -2.28. The fraction of sp³-hybridized carbons (Fsp3) is 0.312. The molecule has 1 unspecified atom stereocenters. The summed E-state index contributed by atoms with van der Waals surface area (Å²) in [5.41, 5.74) is 3.86. The van der Waals surface area contributed by atoms with Crippen LogP contribution in [0.15, 0.2) is 46.1 Å². The van der Waals surface area contributed by atoms with Crippen molar-refractivity contribution >= 4 is 22.9 Å². The molecule has 0 spiro atoms. The summed E-state index contributed by atoms with van der Waals surface area (Å²) >= 11 is 1.77. The van der Waals surface area contributed by atoms with Gasteiger partial charge in [0.05, 0.1) is 11.7 Å². The van der Waals surface area contributed by atoms with Crippen LogP contribution in [0, 0.1) is 0 Å². The number of hydrogen-bond donors (Lipinski definition) is 0. The quantitative estimate of drug-likeness (QED) is 0.789. The van der Waals surface area contributed by atoms with E-state index < -0.39 is 0 Å². The minimum atomic E-state index is 0.397. The van der Waals surface area contributed by atoms with Crippen LogP contribution in [0.4, 0.5) is 5.69 Å². The molecule has 2 aromatic rings. The highest BCUT2D eigenvalue weighted by atomic mass is 32.1. The van der Waals surface area contributed by atoms with Gasteiger partial charge in [-0.25, -0.2) is 4.99 Å². The first-order valence-electron chi connectivity index (χ1n) is 6.70. The zero-order valence-corrected chi connectivity index (χ0v) is 12.2. The number of fused-ring (bicyclic) bond motifs is 1. The Hall–Kier alpha value is -1.61. The molecule has 1 atom stereocenters. The summed E-state index contributed by atoms with van der Waals surface area (Å²) in [6.45, 7) is 2.17. The van der Waals surface area contributed by atoms with E-state index in [4.69, 9.17) is 4.99 Å². The lowest BCUT2D eigenvalue weighted by Crippen LogP contribution is -2.30. The smallest absolute Gasteiger partial charge is 0.105 e. The predicted molar refractivity (Wildman–Crippen MR) is 82.4 cm³/mol. The molecule has 3 heteroatoms. The number of rotatable bonds is 2. The molecule has 0 radical (unpaired) electrons. The van der Waals surface area contributed by atoms with Gasteiger partial charge in [-0.1, -0.05) is 25.1 Å². The van der Waals surface area contributed by atoms with Crippen LogP contribution in [-0.4, -0.2) is 17.8 Å². The third-order valence-electron chi connectivity index (χ3n) is 3.77. The standard InChI is InChI=1S/C16H18N2S/c1-3-16-17-14-7-5-4-6-12(14)10-15(18(16)2)13-8-9-19-11-13/h4-9,11,15H,3,10H2,1-2H3. The van der Waals surface area contributed by atoms with Crippen LogP contribution in [0.1, 0.15) is 30.5 Å². The maximum atomic E-state index is 4.84. The Morgan fingerprint density at radius 3 is 2.89 bits per heavy atom. The molecule has 1 aliphatic heterocycles. The summed E-state index contributed by atoms with van der Waals surface area (Å²) in [6.07, 6.45) is 1.99. The van der Waals surface area contributed by atoms with Crippen molar-refractivity contribution in [3.63, 3.8) is 0 Å².